The highest BCUT2D eigenvalue weighted by molar-refractivity contribution is 6.36. The van der Waals surface area contributed by atoms with E-state index in [4.69, 9.17) is 11.6 Å². The fourth-order valence-electron chi connectivity index (χ4n) is 3.39. The third kappa shape index (κ3) is 3.28. The van der Waals surface area contributed by atoms with Crippen LogP contribution in [-0.4, -0.2) is 15.7 Å². The number of carbonyl (C=O) groups is 1. The number of halogens is 1. The van der Waals surface area contributed by atoms with E-state index < -0.39 is 0 Å². The molecule has 0 bridgehead atoms. The molecule has 0 spiro atoms. The maximum absolute atomic E-state index is 12.4. The van der Waals surface area contributed by atoms with Gasteiger partial charge in [-0.15, -0.1) is 0 Å². The smallest absolute Gasteiger partial charge is 0.256 e. The summed E-state index contributed by atoms with van der Waals surface area (Å²) in [5, 5.41) is 8.19. The SMILES string of the molecule is Cc1ccc(Cn2nc(C)c(C=C3C(=O)Nc4ccc(Cl)cc43)c2C)cc1. The van der Waals surface area contributed by atoms with Crippen molar-refractivity contribution in [1.29, 1.82) is 0 Å². The van der Waals surface area contributed by atoms with Gasteiger partial charge in [0.1, 0.15) is 0 Å². The van der Waals surface area contributed by atoms with Gasteiger partial charge in [0.2, 0.25) is 0 Å². The number of carbonyl (C=O) groups excluding carboxylic acids is 1. The Kier molecular flexibility index (Phi) is 4.36. The summed E-state index contributed by atoms with van der Waals surface area (Å²) in [5.41, 5.74) is 7.58. The first-order valence-electron chi connectivity index (χ1n) is 8.85. The number of aromatic nitrogens is 2. The van der Waals surface area contributed by atoms with Gasteiger partial charge in [-0.1, -0.05) is 41.4 Å². The molecule has 1 aliphatic rings. The molecule has 4 rings (SSSR count). The van der Waals surface area contributed by atoms with Crippen molar-refractivity contribution in [3.8, 4) is 0 Å². The quantitative estimate of drug-likeness (QED) is 0.652. The standard InChI is InChI=1S/C22H20ClN3O/c1-13-4-6-16(7-5-13)12-26-15(3)18(14(2)25-26)11-20-19-10-17(23)8-9-21(19)24-22(20)27/h4-11H,12H2,1-3H3,(H,24,27). The predicted molar refractivity (Wildman–Crippen MR) is 110 cm³/mol. The van der Waals surface area contributed by atoms with Gasteiger partial charge in [0.15, 0.2) is 0 Å². The van der Waals surface area contributed by atoms with Gasteiger partial charge >= 0.3 is 0 Å². The molecule has 136 valence electrons. The van der Waals surface area contributed by atoms with Crippen LogP contribution in [0.25, 0.3) is 11.6 Å². The number of fused-ring (bicyclic) bond motifs is 1. The molecule has 0 saturated heterocycles. The van der Waals surface area contributed by atoms with Crippen LogP contribution in [0.2, 0.25) is 5.02 Å². The second kappa shape index (κ2) is 6.71. The number of hydrogen-bond acceptors (Lipinski definition) is 2. The highest BCUT2D eigenvalue weighted by atomic mass is 35.5. The lowest BCUT2D eigenvalue weighted by atomic mass is 10.0. The minimum atomic E-state index is -0.114. The molecule has 4 nitrogen and oxygen atoms in total. The first-order valence-corrected chi connectivity index (χ1v) is 9.22. The molecule has 1 aliphatic heterocycles. The molecule has 0 saturated carbocycles. The maximum atomic E-state index is 12.4. The number of rotatable bonds is 3. The molecular weight excluding hydrogens is 358 g/mol. The van der Waals surface area contributed by atoms with Gasteiger partial charge in [-0.3, -0.25) is 9.48 Å². The Hall–Kier alpha value is -2.85. The van der Waals surface area contributed by atoms with Crippen LogP contribution >= 0.6 is 11.6 Å². The van der Waals surface area contributed by atoms with E-state index in [1.807, 2.05) is 36.7 Å². The van der Waals surface area contributed by atoms with Gasteiger partial charge in [0.05, 0.1) is 12.2 Å². The Balaban J connectivity index is 1.72. The van der Waals surface area contributed by atoms with Crippen LogP contribution in [0.4, 0.5) is 5.69 Å². The molecular formula is C22H20ClN3O. The normalized spacial score (nSPS) is 14.5. The fourth-order valence-corrected chi connectivity index (χ4v) is 3.56. The van der Waals surface area contributed by atoms with E-state index in [9.17, 15) is 4.79 Å². The monoisotopic (exact) mass is 377 g/mol. The predicted octanol–water partition coefficient (Wildman–Crippen LogP) is 5.00. The lowest BCUT2D eigenvalue weighted by molar-refractivity contribution is -0.110. The zero-order valence-electron chi connectivity index (χ0n) is 15.5. The van der Waals surface area contributed by atoms with Crippen molar-refractivity contribution < 1.29 is 4.79 Å². The third-order valence-electron chi connectivity index (χ3n) is 4.94. The number of benzene rings is 2. The molecule has 3 aromatic rings. The Morgan fingerprint density at radius 1 is 1.11 bits per heavy atom. The summed E-state index contributed by atoms with van der Waals surface area (Å²) in [6, 6.07) is 13.9. The van der Waals surface area contributed by atoms with Crippen molar-refractivity contribution in [3.05, 3.63) is 81.1 Å². The van der Waals surface area contributed by atoms with Crippen molar-refractivity contribution in [3.63, 3.8) is 0 Å². The molecule has 0 radical (unpaired) electrons. The summed E-state index contributed by atoms with van der Waals surface area (Å²) in [6.45, 7) is 6.78. The number of nitrogens with zero attached hydrogens (tertiary/aromatic N) is 2. The zero-order valence-corrected chi connectivity index (χ0v) is 16.3. The Morgan fingerprint density at radius 2 is 1.85 bits per heavy atom. The summed E-state index contributed by atoms with van der Waals surface area (Å²) in [4.78, 5) is 12.4. The molecule has 1 amide bonds. The van der Waals surface area contributed by atoms with Gasteiger partial charge in [-0.05, 0) is 50.6 Å². The average molecular weight is 378 g/mol. The second-order valence-electron chi connectivity index (χ2n) is 6.93. The lowest BCUT2D eigenvalue weighted by Gasteiger charge is -2.06. The van der Waals surface area contributed by atoms with Crippen molar-refractivity contribution in [2.24, 2.45) is 0 Å². The summed E-state index contributed by atoms with van der Waals surface area (Å²) in [7, 11) is 0. The van der Waals surface area contributed by atoms with E-state index in [-0.39, 0.29) is 5.91 Å². The Morgan fingerprint density at radius 3 is 2.59 bits per heavy atom. The van der Waals surface area contributed by atoms with E-state index >= 15 is 0 Å². The second-order valence-corrected chi connectivity index (χ2v) is 7.37. The van der Waals surface area contributed by atoms with Crippen molar-refractivity contribution in [2.45, 2.75) is 27.3 Å². The summed E-state index contributed by atoms with van der Waals surface area (Å²) >= 11 is 6.12. The van der Waals surface area contributed by atoms with Crippen LogP contribution in [-0.2, 0) is 11.3 Å². The number of aryl methyl sites for hydroxylation is 2. The fraction of sp³-hybridized carbons (Fsp3) is 0.182. The minimum absolute atomic E-state index is 0.114. The first kappa shape index (κ1) is 17.6. The summed E-state index contributed by atoms with van der Waals surface area (Å²) in [5.74, 6) is -0.114. The average Bonchev–Trinajstić information content (AvgIpc) is 3.08. The van der Waals surface area contributed by atoms with Crippen LogP contribution in [0.15, 0.2) is 42.5 Å². The zero-order chi connectivity index (χ0) is 19.1. The highest BCUT2D eigenvalue weighted by Gasteiger charge is 2.25. The van der Waals surface area contributed by atoms with Crippen molar-refractivity contribution in [2.75, 3.05) is 5.32 Å². The molecule has 2 heterocycles. The number of amides is 1. The molecule has 27 heavy (non-hydrogen) atoms. The van der Waals surface area contributed by atoms with E-state index in [1.165, 1.54) is 11.1 Å². The molecule has 1 N–H and O–H groups in total. The van der Waals surface area contributed by atoms with Gasteiger partial charge in [0, 0.05) is 33.1 Å². The van der Waals surface area contributed by atoms with Crippen molar-refractivity contribution in [1.82, 2.24) is 9.78 Å². The number of nitrogens with one attached hydrogen (secondary N) is 1. The lowest BCUT2D eigenvalue weighted by Crippen LogP contribution is -2.05. The summed E-state index contributed by atoms with van der Waals surface area (Å²) in [6.07, 6.45) is 1.92. The minimum Gasteiger partial charge on any atom is -0.321 e. The first-order chi connectivity index (χ1) is 12.9. The van der Waals surface area contributed by atoms with Crippen LogP contribution in [0.5, 0.6) is 0 Å². The van der Waals surface area contributed by atoms with Gasteiger partial charge in [-0.2, -0.15) is 5.10 Å². The van der Waals surface area contributed by atoms with E-state index in [1.54, 1.807) is 6.07 Å². The van der Waals surface area contributed by atoms with Crippen LogP contribution in [0, 0.1) is 20.8 Å². The van der Waals surface area contributed by atoms with E-state index in [2.05, 4.69) is 41.6 Å². The molecule has 2 aromatic carbocycles. The molecule has 0 unspecified atom stereocenters. The Bertz CT molecular complexity index is 1080. The molecule has 5 heteroatoms. The largest absolute Gasteiger partial charge is 0.321 e. The van der Waals surface area contributed by atoms with Gasteiger partial charge in [-0.25, -0.2) is 0 Å². The van der Waals surface area contributed by atoms with Crippen LogP contribution in [0.1, 0.15) is 33.6 Å². The summed E-state index contributed by atoms with van der Waals surface area (Å²) < 4.78 is 1.98. The highest BCUT2D eigenvalue weighted by Crippen LogP contribution is 2.35. The molecule has 0 atom stereocenters. The van der Waals surface area contributed by atoms with Gasteiger partial charge < -0.3 is 5.32 Å². The van der Waals surface area contributed by atoms with Crippen molar-refractivity contribution >= 4 is 34.8 Å². The van der Waals surface area contributed by atoms with Crippen LogP contribution < -0.4 is 5.32 Å². The number of hydrogen-bond donors (Lipinski definition) is 1. The van der Waals surface area contributed by atoms with E-state index in [0.29, 0.717) is 17.1 Å². The topological polar surface area (TPSA) is 46.9 Å². The van der Waals surface area contributed by atoms with Gasteiger partial charge in [0.25, 0.3) is 5.91 Å². The Labute approximate surface area is 163 Å². The maximum Gasteiger partial charge on any atom is 0.256 e. The van der Waals surface area contributed by atoms with Crippen LogP contribution in [0.3, 0.4) is 0 Å². The third-order valence-corrected chi connectivity index (χ3v) is 5.18. The van der Waals surface area contributed by atoms with E-state index in [0.717, 1.165) is 28.2 Å². The molecule has 0 fully saturated rings. The number of anilines is 1. The molecule has 1 aromatic heterocycles. The molecule has 0 aliphatic carbocycles.